The summed E-state index contributed by atoms with van der Waals surface area (Å²) in [4.78, 5) is 0. The fourth-order valence-electron chi connectivity index (χ4n) is 2.78. The fourth-order valence-corrected chi connectivity index (χ4v) is 2.78. The van der Waals surface area contributed by atoms with Crippen molar-refractivity contribution in [2.45, 2.75) is 52.2 Å². The lowest BCUT2D eigenvalue weighted by Crippen LogP contribution is -2.35. The van der Waals surface area contributed by atoms with E-state index in [4.69, 9.17) is 9.47 Å². The lowest BCUT2D eigenvalue weighted by Gasteiger charge is -2.33. The molecule has 1 aliphatic rings. The predicted molar refractivity (Wildman–Crippen MR) is 86.8 cm³/mol. The molecule has 2 atom stereocenters. The van der Waals surface area contributed by atoms with Crippen molar-refractivity contribution in [3.8, 4) is 5.75 Å². The Bertz CT molecular complexity index is 402. The van der Waals surface area contributed by atoms with Gasteiger partial charge < -0.3 is 14.8 Å². The number of ether oxygens (including phenoxy) is 2. The van der Waals surface area contributed by atoms with Gasteiger partial charge in [0, 0.05) is 25.1 Å². The van der Waals surface area contributed by atoms with Gasteiger partial charge in [-0.1, -0.05) is 32.9 Å². The van der Waals surface area contributed by atoms with Gasteiger partial charge in [-0.2, -0.15) is 0 Å². The van der Waals surface area contributed by atoms with Crippen LogP contribution in [0.15, 0.2) is 24.3 Å². The largest absolute Gasteiger partial charge is 0.494 e. The van der Waals surface area contributed by atoms with Crippen LogP contribution in [0.4, 0.5) is 0 Å². The molecule has 0 spiro atoms. The molecule has 0 amide bonds. The third-order valence-corrected chi connectivity index (χ3v) is 3.91. The van der Waals surface area contributed by atoms with Gasteiger partial charge in [0.1, 0.15) is 5.75 Å². The standard InChI is InChI=1S/C18H29NO2/c1-4-11-20-17-9-7-15(8-10-17)18-16(6-5-12-21-18)13-19-14(2)3/h7-10,14,16,18-19H,4-6,11-13H2,1-3H3. The van der Waals surface area contributed by atoms with Crippen LogP contribution in [0.25, 0.3) is 0 Å². The van der Waals surface area contributed by atoms with E-state index in [9.17, 15) is 0 Å². The van der Waals surface area contributed by atoms with E-state index >= 15 is 0 Å². The number of hydrogen-bond donors (Lipinski definition) is 1. The van der Waals surface area contributed by atoms with Gasteiger partial charge in [-0.05, 0) is 37.0 Å². The Morgan fingerprint density at radius 2 is 2.05 bits per heavy atom. The predicted octanol–water partition coefficient (Wildman–Crippen LogP) is 3.94. The Morgan fingerprint density at radius 1 is 1.29 bits per heavy atom. The summed E-state index contributed by atoms with van der Waals surface area (Å²) >= 11 is 0. The minimum atomic E-state index is 0.213. The van der Waals surface area contributed by atoms with Crippen molar-refractivity contribution in [3.05, 3.63) is 29.8 Å². The van der Waals surface area contributed by atoms with Crippen LogP contribution in [0.3, 0.4) is 0 Å². The third-order valence-electron chi connectivity index (χ3n) is 3.91. The quantitative estimate of drug-likeness (QED) is 0.825. The van der Waals surface area contributed by atoms with Gasteiger partial charge in [-0.25, -0.2) is 0 Å². The summed E-state index contributed by atoms with van der Waals surface area (Å²) < 4.78 is 11.7. The van der Waals surface area contributed by atoms with Crippen LogP contribution in [0.2, 0.25) is 0 Å². The Balaban J connectivity index is 1.99. The summed E-state index contributed by atoms with van der Waals surface area (Å²) in [5.74, 6) is 1.51. The average molecular weight is 291 g/mol. The second kappa shape index (κ2) is 8.40. The highest BCUT2D eigenvalue weighted by molar-refractivity contribution is 5.29. The van der Waals surface area contributed by atoms with Gasteiger partial charge in [-0.3, -0.25) is 0 Å². The molecule has 2 rings (SSSR count). The molecule has 21 heavy (non-hydrogen) atoms. The Morgan fingerprint density at radius 3 is 2.71 bits per heavy atom. The Kier molecular flexibility index (Phi) is 6.52. The Labute approximate surface area is 129 Å². The summed E-state index contributed by atoms with van der Waals surface area (Å²) in [5, 5.41) is 3.55. The van der Waals surface area contributed by atoms with Crippen LogP contribution < -0.4 is 10.1 Å². The maximum absolute atomic E-state index is 6.05. The SMILES string of the molecule is CCCOc1ccc(C2OCCCC2CNC(C)C)cc1. The van der Waals surface area contributed by atoms with E-state index in [0.29, 0.717) is 12.0 Å². The zero-order valence-electron chi connectivity index (χ0n) is 13.6. The number of hydrogen-bond acceptors (Lipinski definition) is 3. The van der Waals surface area contributed by atoms with Crippen LogP contribution in [0.1, 0.15) is 51.7 Å². The zero-order chi connectivity index (χ0) is 15.1. The van der Waals surface area contributed by atoms with Gasteiger partial charge in [-0.15, -0.1) is 0 Å². The molecule has 3 nitrogen and oxygen atoms in total. The third kappa shape index (κ3) is 5.01. The van der Waals surface area contributed by atoms with Crippen molar-refractivity contribution in [1.82, 2.24) is 5.32 Å². The van der Waals surface area contributed by atoms with Gasteiger partial charge in [0.2, 0.25) is 0 Å². The summed E-state index contributed by atoms with van der Waals surface area (Å²) in [6.07, 6.45) is 3.65. The van der Waals surface area contributed by atoms with Crippen molar-refractivity contribution in [2.75, 3.05) is 19.8 Å². The summed E-state index contributed by atoms with van der Waals surface area (Å²) in [6.45, 7) is 9.18. The summed E-state index contributed by atoms with van der Waals surface area (Å²) in [7, 11) is 0. The molecule has 1 N–H and O–H groups in total. The molecule has 0 aromatic heterocycles. The molecule has 1 aromatic rings. The zero-order valence-corrected chi connectivity index (χ0v) is 13.6. The van der Waals surface area contributed by atoms with Crippen molar-refractivity contribution in [3.63, 3.8) is 0 Å². The molecule has 2 unspecified atom stereocenters. The maximum Gasteiger partial charge on any atom is 0.119 e. The first kappa shape index (κ1) is 16.3. The molecule has 1 aromatic carbocycles. The minimum absolute atomic E-state index is 0.213. The average Bonchev–Trinajstić information content (AvgIpc) is 2.52. The second-order valence-corrected chi connectivity index (χ2v) is 6.17. The fraction of sp³-hybridized carbons (Fsp3) is 0.667. The molecule has 0 saturated carbocycles. The van der Waals surface area contributed by atoms with Gasteiger partial charge >= 0.3 is 0 Å². The van der Waals surface area contributed by atoms with Gasteiger partial charge in [0.25, 0.3) is 0 Å². The number of nitrogens with one attached hydrogen (secondary N) is 1. The van der Waals surface area contributed by atoms with Gasteiger partial charge in [0.05, 0.1) is 12.7 Å². The molecule has 1 heterocycles. The van der Waals surface area contributed by atoms with E-state index in [-0.39, 0.29) is 6.10 Å². The van der Waals surface area contributed by atoms with Crippen LogP contribution in [-0.4, -0.2) is 25.8 Å². The maximum atomic E-state index is 6.05. The molecule has 0 radical (unpaired) electrons. The first-order valence-electron chi connectivity index (χ1n) is 8.28. The Hall–Kier alpha value is -1.06. The highest BCUT2D eigenvalue weighted by atomic mass is 16.5. The van der Waals surface area contributed by atoms with E-state index in [1.54, 1.807) is 0 Å². The summed E-state index contributed by atoms with van der Waals surface area (Å²) in [6, 6.07) is 8.97. The van der Waals surface area contributed by atoms with Crippen LogP contribution in [0.5, 0.6) is 5.75 Å². The van der Waals surface area contributed by atoms with E-state index in [2.05, 4.69) is 50.4 Å². The molecule has 118 valence electrons. The molecular formula is C18H29NO2. The van der Waals surface area contributed by atoms with Crippen molar-refractivity contribution in [2.24, 2.45) is 5.92 Å². The van der Waals surface area contributed by atoms with Crippen molar-refractivity contribution < 1.29 is 9.47 Å². The monoisotopic (exact) mass is 291 g/mol. The first-order valence-corrected chi connectivity index (χ1v) is 8.28. The van der Waals surface area contributed by atoms with E-state index in [1.165, 1.54) is 18.4 Å². The van der Waals surface area contributed by atoms with Crippen molar-refractivity contribution in [1.29, 1.82) is 0 Å². The topological polar surface area (TPSA) is 30.5 Å². The lowest BCUT2D eigenvalue weighted by molar-refractivity contribution is -0.0282. The molecule has 3 heteroatoms. The molecule has 1 fully saturated rings. The number of rotatable bonds is 7. The van der Waals surface area contributed by atoms with E-state index < -0.39 is 0 Å². The van der Waals surface area contributed by atoms with Crippen molar-refractivity contribution >= 4 is 0 Å². The minimum Gasteiger partial charge on any atom is -0.494 e. The number of benzene rings is 1. The molecule has 0 bridgehead atoms. The highest BCUT2D eigenvalue weighted by Crippen LogP contribution is 2.34. The van der Waals surface area contributed by atoms with E-state index in [0.717, 1.165) is 31.9 Å². The molecule has 0 aliphatic carbocycles. The first-order chi connectivity index (χ1) is 10.2. The molecule has 1 saturated heterocycles. The summed E-state index contributed by atoms with van der Waals surface area (Å²) in [5.41, 5.74) is 1.27. The smallest absolute Gasteiger partial charge is 0.119 e. The highest BCUT2D eigenvalue weighted by Gasteiger charge is 2.27. The second-order valence-electron chi connectivity index (χ2n) is 6.17. The molecular weight excluding hydrogens is 262 g/mol. The van der Waals surface area contributed by atoms with Crippen LogP contribution >= 0.6 is 0 Å². The lowest BCUT2D eigenvalue weighted by atomic mass is 9.89. The molecule has 1 aliphatic heterocycles. The van der Waals surface area contributed by atoms with Crippen LogP contribution in [-0.2, 0) is 4.74 Å². The normalized spacial score (nSPS) is 22.5. The van der Waals surface area contributed by atoms with Crippen LogP contribution in [0, 0.1) is 5.92 Å². The van der Waals surface area contributed by atoms with E-state index in [1.807, 2.05) is 0 Å². The van der Waals surface area contributed by atoms with Gasteiger partial charge in [0.15, 0.2) is 0 Å².